The molecule has 4 aromatic rings. The SMILES string of the molecule is Cl.Oc1ccccc1Nc1ncnc2c1oc1ccccc12. The number of anilines is 2. The van der Waals surface area contributed by atoms with E-state index < -0.39 is 0 Å². The Balaban J connectivity index is 0.00000144. The predicted octanol–water partition coefficient (Wildman–Crippen LogP) is 4.25. The minimum absolute atomic E-state index is 0. The first-order valence-electron chi connectivity index (χ1n) is 6.50. The molecule has 0 atom stereocenters. The summed E-state index contributed by atoms with van der Waals surface area (Å²) in [5.74, 6) is 0.679. The molecule has 0 fully saturated rings. The number of phenolic OH excluding ortho intramolecular Hbond substituents is 1. The minimum atomic E-state index is 0. The molecule has 0 saturated heterocycles. The number of furan rings is 1. The summed E-state index contributed by atoms with van der Waals surface area (Å²) >= 11 is 0. The quantitative estimate of drug-likeness (QED) is 0.541. The average Bonchev–Trinajstić information content (AvgIpc) is 2.89. The van der Waals surface area contributed by atoms with Gasteiger partial charge in [0.25, 0.3) is 0 Å². The molecule has 2 aromatic carbocycles. The number of rotatable bonds is 2. The molecular formula is C16H12ClN3O2. The van der Waals surface area contributed by atoms with Crippen LogP contribution in [0.2, 0.25) is 0 Å². The first-order chi connectivity index (χ1) is 10.3. The highest BCUT2D eigenvalue weighted by Crippen LogP contribution is 2.33. The van der Waals surface area contributed by atoms with Crippen molar-refractivity contribution in [3.8, 4) is 5.75 Å². The maximum absolute atomic E-state index is 9.85. The molecule has 0 aliphatic carbocycles. The van der Waals surface area contributed by atoms with Gasteiger partial charge in [0.15, 0.2) is 11.4 Å². The fourth-order valence-electron chi connectivity index (χ4n) is 2.32. The molecule has 6 heteroatoms. The summed E-state index contributed by atoms with van der Waals surface area (Å²) < 4.78 is 5.83. The normalized spacial score (nSPS) is 10.5. The second kappa shape index (κ2) is 5.54. The van der Waals surface area contributed by atoms with Gasteiger partial charge >= 0.3 is 0 Å². The molecule has 4 rings (SSSR count). The second-order valence-corrected chi connectivity index (χ2v) is 4.64. The minimum Gasteiger partial charge on any atom is -0.506 e. The molecule has 0 aliphatic rings. The zero-order chi connectivity index (χ0) is 14.2. The van der Waals surface area contributed by atoms with Crippen molar-refractivity contribution in [2.75, 3.05) is 5.32 Å². The molecule has 0 amide bonds. The van der Waals surface area contributed by atoms with Crippen LogP contribution in [-0.4, -0.2) is 15.1 Å². The van der Waals surface area contributed by atoms with Crippen molar-refractivity contribution in [1.82, 2.24) is 9.97 Å². The van der Waals surface area contributed by atoms with Gasteiger partial charge < -0.3 is 14.8 Å². The topological polar surface area (TPSA) is 71.2 Å². The van der Waals surface area contributed by atoms with Gasteiger partial charge in [-0.25, -0.2) is 9.97 Å². The van der Waals surface area contributed by atoms with Gasteiger partial charge in [-0.05, 0) is 24.3 Å². The molecule has 0 unspecified atom stereocenters. The Hall–Kier alpha value is -2.79. The van der Waals surface area contributed by atoms with Crippen molar-refractivity contribution in [3.63, 3.8) is 0 Å². The molecular weight excluding hydrogens is 302 g/mol. The third-order valence-corrected chi connectivity index (χ3v) is 3.32. The summed E-state index contributed by atoms with van der Waals surface area (Å²) in [6.45, 7) is 0. The third kappa shape index (κ3) is 2.21. The molecule has 22 heavy (non-hydrogen) atoms. The summed E-state index contributed by atoms with van der Waals surface area (Å²) in [6, 6.07) is 14.7. The highest BCUT2D eigenvalue weighted by atomic mass is 35.5. The molecule has 0 spiro atoms. The van der Waals surface area contributed by atoms with Crippen molar-refractivity contribution in [2.24, 2.45) is 0 Å². The summed E-state index contributed by atoms with van der Waals surface area (Å²) in [5, 5.41) is 13.9. The van der Waals surface area contributed by atoms with E-state index in [1.54, 1.807) is 18.2 Å². The van der Waals surface area contributed by atoms with E-state index in [1.807, 2.05) is 30.3 Å². The standard InChI is InChI=1S/C16H11N3O2.ClH/c20-12-7-3-2-6-11(12)19-16-15-14(17-9-18-16)10-5-1-4-8-13(10)21-15;/h1-9,20H,(H,17,18,19);1H. The van der Waals surface area contributed by atoms with Gasteiger partial charge in [-0.3, -0.25) is 0 Å². The number of halogens is 1. The molecule has 0 aliphatic heterocycles. The largest absolute Gasteiger partial charge is 0.506 e. The van der Waals surface area contributed by atoms with Crippen LogP contribution in [0.1, 0.15) is 0 Å². The Kier molecular flexibility index (Phi) is 3.56. The van der Waals surface area contributed by atoms with Gasteiger partial charge in [0.1, 0.15) is 23.2 Å². The van der Waals surface area contributed by atoms with E-state index in [0.717, 1.165) is 16.5 Å². The van der Waals surface area contributed by atoms with Gasteiger partial charge in [0.05, 0.1) is 5.69 Å². The molecule has 2 N–H and O–H groups in total. The van der Waals surface area contributed by atoms with Crippen LogP contribution < -0.4 is 5.32 Å². The van der Waals surface area contributed by atoms with Gasteiger partial charge in [-0.1, -0.05) is 24.3 Å². The number of aromatic nitrogens is 2. The lowest BCUT2D eigenvalue weighted by atomic mass is 10.2. The van der Waals surface area contributed by atoms with Crippen LogP contribution in [0.3, 0.4) is 0 Å². The van der Waals surface area contributed by atoms with Crippen molar-refractivity contribution in [3.05, 3.63) is 54.9 Å². The van der Waals surface area contributed by atoms with Crippen molar-refractivity contribution < 1.29 is 9.52 Å². The van der Waals surface area contributed by atoms with E-state index >= 15 is 0 Å². The lowest BCUT2D eigenvalue weighted by Crippen LogP contribution is -1.94. The van der Waals surface area contributed by atoms with E-state index in [-0.39, 0.29) is 18.2 Å². The molecule has 2 aromatic heterocycles. The van der Waals surface area contributed by atoms with Gasteiger partial charge in [0.2, 0.25) is 0 Å². The summed E-state index contributed by atoms with van der Waals surface area (Å²) in [7, 11) is 0. The lowest BCUT2D eigenvalue weighted by molar-refractivity contribution is 0.477. The van der Waals surface area contributed by atoms with Crippen molar-refractivity contribution in [2.45, 2.75) is 0 Å². The zero-order valence-corrected chi connectivity index (χ0v) is 12.2. The number of hydrogen-bond acceptors (Lipinski definition) is 5. The van der Waals surface area contributed by atoms with Gasteiger partial charge in [0, 0.05) is 5.39 Å². The van der Waals surface area contributed by atoms with Gasteiger partial charge in [-0.2, -0.15) is 0 Å². The Morgan fingerprint density at radius 2 is 1.73 bits per heavy atom. The smallest absolute Gasteiger partial charge is 0.196 e. The fourth-order valence-corrected chi connectivity index (χ4v) is 2.32. The first-order valence-corrected chi connectivity index (χ1v) is 6.50. The molecule has 0 radical (unpaired) electrons. The first kappa shape index (κ1) is 14.2. The van der Waals surface area contributed by atoms with E-state index in [0.29, 0.717) is 17.1 Å². The Morgan fingerprint density at radius 1 is 0.955 bits per heavy atom. The average molecular weight is 314 g/mol. The monoisotopic (exact) mass is 313 g/mol. The Bertz CT molecular complexity index is 952. The number of fused-ring (bicyclic) bond motifs is 3. The van der Waals surface area contributed by atoms with Gasteiger partial charge in [-0.15, -0.1) is 12.4 Å². The van der Waals surface area contributed by atoms with Crippen LogP contribution in [0.5, 0.6) is 5.75 Å². The van der Waals surface area contributed by atoms with Crippen LogP contribution in [-0.2, 0) is 0 Å². The van der Waals surface area contributed by atoms with Crippen LogP contribution in [0, 0.1) is 0 Å². The van der Waals surface area contributed by atoms with E-state index in [4.69, 9.17) is 4.42 Å². The summed E-state index contributed by atoms with van der Waals surface area (Å²) in [6.07, 6.45) is 1.48. The van der Waals surface area contributed by atoms with Crippen LogP contribution >= 0.6 is 12.4 Å². The molecule has 2 heterocycles. The Morgan fingerprint density at radius 3 is 2.59 bits per heavy atom. The van der Waals surface area contributed by atoms with E-state index in [9.17, 15) is 5.11 Å². The molecule has 5 nitrogen and oxygen atoms in total. The lowest BCUT2D eigenvalue weighted by Gasteiger charge is -2.06. The fraction of sp³-hybridized carbons (Fsp3) is 0. The molecule has 110 valence electrons. The number of aromatic hydroxyl groups is 1. The second-order valence-electron chi connectivity index (χ2n) is 4.64. The number of benzene rings is 2. The number of nitrogens with zero attached hydrogens (tertiary/aromatic N) is 2. The number of para-hydroxylation sites is 3. The summed E-state index contributed by atoms with van der Waals surface area (Å²) in [4.78, 5) is 8.50. The molecule has 0 saturated carbocycles. The van der Waals surface area contributed by atoms with Crippen molar-refractivity contribution in [1.29, 1.82) is 0 Å². The maximum Gasteiger partial charge on any atom is 0.196 e. The zero-order valence-electron chi connectivity index (χ0n) is 11.4. The maximum atomic E-state index is 9.85. The number of hydrogen-bond donors (Lipinski definition) is 2. The van der Waals surface area contributed by atoms with Crippen LogP contribution in [0.25, 0.3) is 22.1 Å². The highest BCUT2D eigenvalue weighted by molar-refractivity contribution is 6.05. The van der Waals surface area contributed by atoms with Crippen LogP contribution in [0.15, 0.2) is 59.3 Å². The van der Waals surface area contributed by atoms with E-state index in [1.165, 1.54) is 6.33 Å². The third-order valence-electron chi connectivity index (χ3n) is 3.32. The van der Waals surface area contributed by atoms with Crippen molar-refractivity contribution >= 4 is 46.0 Å². The Labute approximate surface area is 132 Å². The molecule has 0 bridgehead atoms. The van der Waals surface area contributed by atoms with Crippen LogP contribution in [0.4, 0.5) is 11.5 Å². The highest BCUT2D eigenvalue weighted by Gasteiger charge is 2.13. The number of nitrogens with one attached hydrogen (secondary N) is 1. The summed E-state index contributed by atoms with van der Waals surface area (Å²) in [5.41, 5.74) is 2.65. The number of phenols is 1. The predicted molar refractivity (Wildman–Crippen MR) is 87.9 cm³/mol. The van der Waals surface area contributed by atoms with E-state index in [2.05, 4.69) is 15.3 Å².